The average Bonchev–Trinajstić information content (AvgIpc) is 3.33. The van der Waals surface area contributed by atoms with Gasteiger partial charge in [-0.1, -0.05) is 6.07 Å². The van der Waals surface area contributed by atoms with E-state index < -0.39 is 15.9 Å². The van der Waals surface area contributed by atoms with Crippen molar-refractivity contribution in [2.24, 2.45) is 0 Å². The molecule has 8 nitrogen and oxygen atoms in total. The second-order valence-corrected chi connectivity index (χ2v) is 8.85. The van der Waals surface area contributed by atoms with Crippen LogP contribution in [0.1, 0.15) is 18.4 Å². The summed E-state index contributed by atoms with van der Waals surface area (Å²) < 4.78 is 42.9. The van der Waals surface area contributed by atoms with E-state index in [0.29, 0.717) is 30.3 Å². The number of hydrogen-bond donors (Lipinski definition) is 1. The first kappa shape index (κ1) is 22.6. The van der Waals surface area contributed by atoms with Gasteiger partial charge < -0.3 is 19.5 Å². The van der Waals surface area contributed by atoms with Crippen LogP contribution in [0, 0.1) is 0 Å². The number of rotatable bonds is 8. The molecule has 1 amide bonds. The van der Waals surface area contributed by atoms with E-state index in [2.05, 4.69) is 5.32 Å². The van der Waals surface area contributed by atoms with Crippen LogP contribution in [0.15, 0.2) is 47.4 Å². The molecule has 1 N–H and O–H groups in total. The predicted molar refractivity (Wildman–Crippen MR) is 118 cm³/mol. The van der Waals surface area contributed by atoms with Gasteiger partial charge in [-0.3, -0.25) is 4.79 Å². The van der Waals surface area contributed by atoms with Crippen LogP contribution in [-0.4, -0.2) is 53.0 Å². The van der Waals surface area contributed by atoms with Crippen LogP contribution in [0.2, 0.25) is 0 Å². The number of ether oxygens (including phenoxy) is 3. The molecule has 31 heavy (non-hydrogen) atoms. The Morgan fingerprint density at radius 1 is 0.935 bits per heavy atom. The number of methoxy groups -OCH3 is 3. The Bertz CT molecular complexity index is 1080. The number of carbonyl (C=O) groups is 1. The highest BCUT2D eigenvalue weighted by atomic mass is 32.2. The van der Waals surface area contributed by atoms with Crippen molar-refractivity contribution in [1.29, 1.82) is 0 Å². The lowest BCUT2D eigenvalue weighted by Crippen LogP contribution is -2.28. The van der Waals surface area contributed by atoms with E-state index >= 15 is 0 Å². The molecule has 0 aliphatic carbocycles. The van der Waals surface area contributed by atoms with Gasteiger partial charge in [0.2, 0.25) is 15.9 Å². The number of nitrogens with zero attached hydrogens (tertiary/aromatic N) is 1. The van der Waals surface area contributed by atoms with Crippen molar-refractivity contribution in [2.75, 3.05) is 39.7 Å². The monoisotopic (exact) mass is 446 g/mol. The summed E-state index contributed by atoms with van der Waals surface area (Å²) in [7, 11) is 0.932. The minimum Gasteiger partial charge on any atom is -0.495 e. The fraction of sp³-hybridized carbons (Fsp3) is 0.318. The van der Waals surface area contributed by atoms with Gasteiger partial charge in [-0.15, -0.1) is 0 Å². The van der Waals surface area contributed by atoms with Gasteiger partial charge in [-0.2, -0.15) is 4.31 Å². The number of anilines is 1. The first-order valence-electron chi connectivity index (χ1n) is 9.78. The van der Waals surface area contributed by atoms with Gasteiger partial charge in [0.1, 0.15) is 5.75 Å². The highest BCUT2D eigenvalue weighted by Crippen LogP contribution is 2.31. The molecule has 0 radical (unpaired) electrons. The SMILES string of the molecule is COc1ccc(S(=O)(=O)N2CCCC2)cc1NC(=O)/C=C/c1ccc(OC)c(OC)c1. The van der Waals surface area contributed by atoms with E-state index in [4.69, 9.17) is 14.2 Å². The highest BCUT2D eigenvalue weighted by Gasteiger charge is 2.28. The lowest BCUT2D eigenvalue weighted by molar-refractivity contribution is -0.111. The van der Waals surface area contributed by atoms with Crippen LogP contribution in [0.3, 0.4) is 0 Å². The summed E-state index contributed by atoms with van der Waals surface area (Å²) in [6.07, 6.45) is 4.66. The number of nitrogens with one attached hydrogen (secondary N) is 1. The Hall–Kier alpha value is -3.04. The van der Waals surface area contributed by atoms with E-state index in [1.165, 1.54) is 42.8 Å². The number of carbonyl (C=O) groups excluding carboxylic acids is 1. The second-order valence-electron chi connectivity index (χ2n) is 6.91. The van der Waals surface area contributed by atoms with Crippen LogP contribution in [0.4, 0.5) is 5.69 Å². The minimum atomic E-state index is -3.61. The van der Waals surface area contributed by atoms with Gasteiger partial charge in [0, 0.05) is 19.2 Å². The van der Waals surface area contributed by atoms with Crippen molar-refractivity contribution in [1.82, 2.24) is 4.31 Å². The zero-order valence-electron chi connectivity index (χ0n) is 17.8. The van der Waals surface area contributed by atoms with Gasteiger partial charge in [-0.25, -0.2) is 8.42 Å². The van der Waals surface area contributed by atoms with Gasteiger partial charge >= 0.3 is 0 Å². The molecule has 9 heteroatoms. The first-order valence-corrected chi connectivity index (χ1v) is 11.2. The minimum absolute atomic E-state index is 0.120. The molecule has 2 aromatic rings. The molecule has 0 unspecified atom stereocenters. The van der Waals surface area contributed by atoms with Crippen molar-refractivity contribution in [3.8, 4) is 17.2 Å². The van der Waals surface area contributed by atoms with Crippen LogP contribution < -0.4 is 19.5 Å². The first-order chi connectivity index (χ1) is 14.9. The molecule has 0 saturated carbocycles. The predicted octanol–water partition coefficient (Wildman–Crippen LogP) is 3.15. The van der Waals surface area contributed by atoms with Gasteiger partial charge in [0.25, 0.3) is 0 Å². The molecule has 2 aromatic carbocycles. The molecule has 0 bridgehead atoms. The Balaban J connectivity index is 1.79. The Morgan fingerprint density at radius 3 is 2.23 bits per heavy atom. The van der Waals surface area contributed by atoms with Crippen molar-refractivity contribution in [3.05, 3.63) is 48.0 Å². The standard InChI is InChI=1S/C22H26N2O6S/c1-28-19-10-8-17(31(26,27)24-12-4-5-13-24)15-18(19)23-22(25)11-7-16-6-9-20(29-2)21(14-16)30-3/h6-11,14-15H,4-5,12-13H2,1-3H3,(H,23,25)/b11-7+. The van der Waals surface area contributed by atoms with E-state index in [0.717, 1.165) is 18.4 Å². The second kappa shape index (κ2) is 9.84. The molecule has 1 aliphatic rings. The quantitative estimate of drug-likeness (QED) is 0.626. The largest absolute Gasteiger partial charge is 0.495 e. The summed E-state index contributed by atoms with van der Waals surface area (Å²) in [5.74, 6) is 1.08. The Kier molecular flexibility index (Phi) is 7.19. The molecule has 1 heterocycles. The third-order valence-electron chi connectivity index (χ3n) is 4.97. The molecule has 0 spiro atoms. The number of sulfonamides is 1. The van der Waals surface area contributed by atoms with Gasteiger partial charge in [-0.05, 0) is 54.8 Å². The third kappa shape index (κ3) is 5.18. The molecular formula is C22H26N2O6S. The zero-order chi connectivity index (χ0) is 22.4. The van der Waals surface area contributed by atoms with Gasteiger partial charge in [0.05, 0.1) is 31.9 Å². The normalized spacial score (nSPS) is 14.5. The summed E-state index contributed by atoms with van der Waals surface area (Å²) in [6, 6.07) is 9.72. The topological polar surface area (TPSA) is 94.2 Å². The fourth-order valence-electron chi connectivity index (χ4n) is 3.33. The van der Waals surface area contributed by atoms with Crippen LogP contribution >= 0.6 is 0 Å². The summed E-state index contributed by atoms with van der Waals surface area (Å²) in [4.78, 5) is 12.6. The molecule has 1 aliphatic heterocycles. The molecule has 1 saturated heterocycles. The molecule has 0 aromatic heterocycles. The summed E-state index contributed by atoms with van der Waals surface area (Å²) in [5.41, 5.74) is 1.02. The molecule has 0 atom stereocenters. The zero-order valence-corrected chi connectivity index (χ0v) is 18.6. The highest BCUT2D eigenvalue weighted by molar-refractivity contribution is 7.89. The van der Waals surface area contributed by atoms with Crippen molar-refractivity contribution in [2.45, 2.75) is 17.7 Å². The average molecular weight is 447 g/mol. The summed E-state index contributed by atoms with van der Waals surface area (Å²) in [5, 5.41) is 2.70. The Labute approximate surface area is 182 Å². The van der Waals surface area contributed by atoms with E-state index in [9.17, 15) is 13.2 Å². The molecular weight excluding hydrogens is 420 g/mol. The third-order valence-corrected chi connectivity index (χ3v) is 6.86. The smallest absolute Gasteiger partial charge is 0.248 e. The summed E-state index contributed by atoms with van der Waals surface area (Å²) in [6.45, 7) is 1.01. The number of benzene rings is 2. The lowest BCUT2D eigenvalue weighted by atomic mass is 10.2. The lowest BCUT2D eigenvalue weighted by Gasteiger charge is -2.17. The molecule has 166 valence electrons. The van der Waals surface area contributed by atoms with E-state index in [1.807, 2.05) is 0 Å². The number of hydrogen-bond acceptors (Lipinski definition) is 6. The summed E-state index contributed by atoms with van der Waals surface area (Å²) >= 11 is 0. The maximum Gasteiger partial charge on any atom is 0.248 e. The van der Waals surface area contributed by atoms with Crippen molar-refractivity contribution < 1.29 is 27.4 Å². The van der Waals surface area contributed by atoms with Crippen LogP contribution in [-0.2, 0) is 14.8 Å². The van der Waals surface area contributed by atoms with Crippen LogP contribution in [0.5, 0.6) is 17.2 Å². The maximum atomic E-state index is 12.8. The fourth-order valence-corrected chi connectivity index (χ4v) is 4.87. The van der Waals surface area contributed by atoms with Gasteiger partial charge in [0.15, 0.2) is 11.5 Å². The maximum absolute atomic E-state index is 12.8. The van der Waals surface area contributed by atoms with Crippen LogP contribution in [0.25, 0.3) is 6.08 Å². The van der Waals surface area contributed by atoms with E-state index in [-0.39, 0.29) is 10.6 Å². The molecule has 1 fully saturated rings. The Morgan fingerprint density at radius 2 is 1.58 bits per heavy atom. The van der Waals surface area contributed by atoms with Crippen molar-refractivity contribution in [3.63, 3.8) is 0 Å². The van der Waals surface area contributed by atoms with Crippen molar-refractivity contribution >= 4 is 27.7 Å². The number of amides is 1. The van der Waals surface area contributed by atoms with E-state index in [1.54, 1.807) is 31.4 Å². The molecule has 3 rings (SSSR count).